The predicted octanol–water partition coefficient (Wildman–Crippen LogP) is 4.57. The molecular formula is C32H35N7O3. The van der Waals surface area contributed by atoms with E-state index in [4.69, 9.17) is 15.5 Å². The highest BCUT2D eigenvalue weighted by atomic mass is 16.5. The fourth-order valence-electron chi connectivity index (χ4n) is 4.48. The van der Waals surface area contributed by atoms with Gasteiger partial charge in [0.25, 0.3) is 0 Å². The highest BCUT2D eigenvalue weighted by molar-refractivity contribution is 6.00. The van der Waals surface area contributed by atoms with Crippen molar-refractivity contribution in [3.8, 4) is 28.3 Å². The lowest BCUT2D eigenvalue weighted by atomic mass is 10.0. The molecule has 0 aliphatic carbocycles. The van der Waals surface area contributed by atoms with E-state index >= 15 is 0 Å². The number of fused-ring (bicyclic) bond motifs is 1. The number of likely N-dealkylation sites (N-methyl/N-ethyl adjacent to an activating group) is 1. The standard InChI is InChI=1S/C32H35N7O3/c1-21(2)11-29(34)32(41)42-20-39-19-28(23-8-5-7-22(12-23)15-33)27-14-25(17-36-31(27)39)24-13-26(18-35-16-24)37-30(40)9-6-10-38(3)4/h5-9,12-14,16-19,21,29H,10-11,20,34H2,1-4H3,(H,37,40)/b9-6+/t29-/m0/s1. The summed E-state index contributed by atoms with van der Waals surface area (Å²) >= 11 is 0. The van der Waals surface area contributed by atoms with E-state index in [2.05, 4.69) is 16.4 Å². The lowest BCUT2D eigenvalue weighted by Gasteiger charge is -2.14. The van der Waals surface area contributed by atoms with E-state index in [1.54, 1.807) is 41.4 Å². The maximum Gasteiger partial charge on any atom is 0.324 e. The molecule has 0 aliphatic rings. The fraction of sp³-hybridized carbons (Fsp3) is 0.281. The Morgan fingerprint density at radius 3 is 2.67 bits per heavy atom. The van der Waals surface area contributed by atoms with Crippen molar-refractivity contribution < 1.29 is 14.3 Å². The van der Waals surface area contributed by atoms with Gasteiger partial charge in [0.2, 0.25) is 5.91 Å². The molecule has 1 amide bonds. The number of benzene rings is 1. The average Bonchev–Trinajstić information content (AvgIpc) is 3.33. The van der Waals surface area contributed by atoms with Gasteiger partial charge in [0.15, 0.2) is 6.73 Å². The summed E-state index contributed by atoms with van der Waals surface area (Å²) in [5.74, 6) is -0.458. The highest BCUT2D eigenvalue weighted by Gasteiger charge is 2.19. The Labute approximate surface area is 245 Å². The van der Waals surface area contributed by atoms with Gasteiger partial charge in [0.05, 0.1) is 23.5 Å². The fourth-order valence-corrected chi connectivity index (χ4v) is 4.48. The summed E-state index contributed by atoms with van der Waals surface area (Å²) in [4.78, 5) is 35.9. The smallest absolute Gasteiger partial charge is 0.324 e. The van der Waals surface area contributed by atoms with Crippen LogP contribution in [0.15, 0.2) is 73.3 Å². The van der Waals surface area contributed by atoms with Crippen molar-refractivity contribution in [3.05, 3.63) is 78.9 Å². The Morgan fingerprint density at radius 1 is 1.14 bits per heavy atom. The van der Waals surface area contributed by atoms with Crippen LogP contribution in [-0.2, 0) is 21.1 Å². The van der Waals surface area contributed by atoms with Crippen LogP contribution in [0, 0.1) is 17.2 Å². The first-order chi connectivity index (χ1) is 20.1. The number of rotatable bonds is 11. The summed E-state index contributed by atoms with van der Waals surface area (Å²) in [6.07, 6.45) is 10.7. The summed E-state index contributed by atoms with van der Waals surface area (Å²) in [5.41, 5.74) is 10.9. The highest BCUT2D eigenvalue weighted by Crippen LogP contribution is 2.33. The number of nitrogens with zero attached hydrogens (tertiary/aromatic N) is 5. The van der Waals surface area contributed by atoms with E-state index < -0.39 is 12.0 Å². The first kappa shape index (κ1) is 30.1. The van der Waals surface area contributed by atoms with E-state index in [1.807, 2.05) is 63.3 Å². The van der Waals surface area contributed by atoms with E-state index in [-0.39, 0.29) is 18.6 Å². The molecule has 216 valence electrons. The van der Waals surface area contributed by atoms with E-state index in [1.165, 1.54) is 6.08 Å². The zero-order valence-corrected chi connectivity index (χ0v) is 24.2. The van der Waals surface area contributed by atoms with Crippen molar-refractivity contribution in [1.29, 1.82) is 5.26 Å². The molecule has 3 heterocycles. The Bertz CT molecular complexity index is 1650. The number of esters is 1. The number of aromatic nitrogens is 3. The molecule has 0 spiro atoms. The first-order valence-corrected chi connectivity index (χ1v) is 13.6. The lowest BCUT2D eigenvalue weighted by Crippen LogP contribution is -2.33. The summed E-state index contributed by atoms with van der Waals surface area (Å²) in [7, 11) is 3.85. The second-order valence-corrected chi connectivity index (χ2v) is 10.7. The number of carbonyl (C=O) groups is 2. The number of ether oxygens (including phenoxy) is 1. The topological polar surface area (TPSA) is 139 Å². The Hall–Kier alpha value is -4.85. The van der Waals surface area contributed by atoms with Gasteiger partial charge in [0.1, 0.15) is 11.7 Å². The Morgan fingerprint density at radius 2 is 1.93 bits per heavy atom. The van der Waals surface area contributed by atoms with Crippen LogP contribution in [0.2, 0.25) is 0 Å². The SMILES string of the molecule is CC(C)C[C@H](N)C(=O)OCn1cc(-c2cccc(C#N)c2)c2cc(-c3cncc(NC(=O)/C=C/CN(C)C)c3)cnc21. The second-order valence-electron chi connectivity index (χ2n) is 10.7. The van der Waals surface area contributed by atoms with E-state index in [0.717, 1.165) is 27.6 Å². The number of hydrogen-bond donors (Lipinski definition) is 2. The third kappa shape index (κ3) is 7.66. The molecule has 0 bridgehead atoms. The molecule has 3 aromatic heterocycles. The van der Waals surface area contributed by atoms with Crippen molar-refractivity contribution in [2.45, 2.75) is 33.0 Å². The van der Waals surface area contributed by atoms with Crippen LogP contribution < -0.4 is 11.1 Å². The van der Waals surface area contributed by atoms with Crippen molar-refractivity contribution in [1.82, 2.24) is 19.4 Å². The number of nitrogens with two attached hydrogens (primary N) is 1. The number of nitriles is 1. The first-order valence-electron chi connectivity index (χ1n) is 13.6. The van der Waals surface area contributed by atoms with Crippen LogP contribution in [-0.4, -0.2) is 58.0 Å². The van der Waals surface area contributed by atoms with Crippen LogP contribution in [0.1, 0.15) is 25.8 Å². The van der Waals surface area contributed by atoms with Crippen LogP contribution in [0.3, 0.4) is 0 Å². The van der Waals surface area contributed by atoms with Crippen molar-refractivity contribution in [2.24, 2.45) is 11.7 Å². The second kappa shape index (κ2) is 13.7. The summed E-state index contributed by atoms with van der Waals surface area (Å²) in [5, 5.41) is 13.1. The summed E-state index contributed by atoms with van der Waals surface area (Å²) < 4.78 is 7.30. The minimum Gasteiger partial charge on any atom is -0.443 e. The van der Waals surface area contributed by atoms with Gasteiger partial charge in [-0.15, -0.1) is 0 Å². The minimum absolute atomic E-state index is 0.0597. The Kier molecular flexibility index (Phi) is 9.81. The van der Waals surface area contributed by atoms with Crippen LogP contribution in [0.4, 0.5) is 5.69 Å². The number of hydrogen-bond acceptors (Lipinski definition) is 8. The molecule has 42 heavy (non-hydrogen) atoms. The molecule has 0 unspecified atom stereocenters. The van der Waals surface area contributed by atoms with Gasteiger partial charge in [-0.1, -0.05) is 32.1 Å². The van der Waals surface area contributed by atoms with Crippen LogP contribution in [0.5, 0.6) is 0 Å². The third-order valence-corrected chi connectivity index (χ3v) is 6.47. The molecule has 4 rings (SSSR count). The van der Waals surface area contributed by atoms with Crippen LogP contribution >= 0.6 is 0 Å². The zero-order chi connectivity index (χ0) is 30.2. The van der Waals surface area contributed by atoms with Gasteiger partial charge < -0.3 is 20.7 Å². The van der Waals surface area contributed by atoms with Gasteiger partial charge in [-0.2, -0.15) is 5.26 Å². The molecule has 0 radical (unpaired) electrons. The van der Waals surface area contributed by atoms with Crippen molar-refractivity contribution >= 4 is 28.6 Å². The quantitative estimate of drug-likeness (QED) is 0.199. The maximum atomic E-state index is 12.5. The lowest BCUT2D eigenvalue weighted by molar-refractivity contribution is -0.149. The molecule has 10 nitrogen and oxygen atoms in total. The largest absolute Gasteiger partial charge is 0.443 e. The predicted molar refractivity (Wildman–Crippen MR) is 163 cm³/mol. The van der Waals surface area contributed by atoms with Gasteiger partial charge >= 0.3 is 5.97 Å². The number of anilines is 1. The zero-order valence-electron chi connectivity index (χ0n) is 24.2. The number of carbonyl (C=O) groups excluding carboxylic acids is 2. The average molecular weight is 566 g/mol. The van der Waals surface area contributed by atoms with Crippen molar-refractivity contribution in [2.75, 3.05) is 26.0 Å². The Balaban J connectivity index is 1.68. The molecule has 4 aromatic rings. The third-order valence-electron chi connectivity index (χ3n) is 6.47. The van der Waals surface area contributed by atoms with Crippen molar-refractivity contribution in [3.63, 3.8) is 0 Å². The molecule has 0 saturated carbocycles. The van der Waals surface area contributed by atoms with Gasteiger partial charge in [-0.05, 0) is 56.3 Å². The molecule has 3 N–H and O–H groups in total. The maximum absolute atomic E-state index is 12.5. The summed E-state index contributed by atoms with van der Waals surface area (Å²) in [6.45, 7) is 4.59. The normalized spacial score (nSPS) is 12.1. The molecule has 1 atom stereocenters. The molecule has 0 fully saturated rings. The van der Waals surface area contributed by atoms with Gasteiger partial charge in [-0.3, -0.25) is 19.1 Å². The molecule has 10 heteroatoms. The minimum atomic E-state index is -0.707. The summed E-state index contributed by atoms with van der Waals surface area (Å²) in [6, 6.07) is 12.6. The number of amides is 1. The molecule has 0 aliphatic heterocycles. The van der Waals surface area contributed by atoms with E-state index in [0.29, 0.717) is 29.9 Å². The van der Waals surface area contributed by atoms with Crippen LogP contribution in [0.25, 0.3) is 33.3 Å². The number of pyridine rings is 2. The van der Waals surface area contributed by atoms with Gasteiger partial charge in [-0.25, -0.2) is 4.98 Å². The monoisotopic (exact) mass is 565 g/mol. The number of nitrogens with one attached hydrogen (secondary N) is 1. The van der Waals surface area contributed by atoms with Gasteiger partial charge in [0, 0.05) is 53.3 Å². The van der Waals surface area contributed by atoms with E-state index in [9.17, 15) is 14.9 Å². The molecular weight excluding hydrogens is 530 g/mol. The molecule has 1 aromatic carbocycles. The molecule has 0 saturated heterocycles.